The van der Waals surface area contributed by atoms with E-state index in [1.54, 1.807) is 49.4 Å². The molecule has 0 bridgehead atoms. The molecule has 1 N–H and O–H groups in total. The number of carbonyl (C=O) groups excluding carboxylic acids is 3. The molecule has 1 heterocycles. The van der Waals surface area contributed by atoms with Gasteiger partial charge in [0.15, 0.2) is 0 Å². The molecule has 0 saturated carbocycles. The van der Waals surface area contributed by atoms with Crippen LogP contribution in [-0.2, 0) is 20.8 Å². The normalized spacial score (nSPS) is 10.7. The van der Waals surface area contributed by atoms with Gasteiger partial charge < -0.3 is 14.3 Å². The summed E-state index contributed by atoms with van der Waals surface area (Å²) in [5.74, 6) is 0.479. The Labute approximate surface area is 230 Å². The van der Waals surface area contributed by atoms with E-state index in [0.29, 0.717) is 50.0 Å². The van der Waals surface area contributed by atoms with Crippen LogP contribution < -0.4 is 10.1 Å². The van der Waals surface area contributed by atoms with E-state index >= 15 is 0 Å². The summed E-state index contributed by atoms with van der Waals surface area (Å²) in [7, 11) is 4.20. The van der Waals surface area contributed by atoms with E-state index in [4.69, 9.17) is 21.1 Å². The summed E-state index contributed by atoms with van der Waals surface area (Å²) in [5, 5.41) is 12.6. The van der Waals surface area contributed by atoms with E-state index in [9.17, 15) is 24.5 Å². The number of amides is 2. The van der Waals surface area contributed by atoms with Crippen molar-refractivity contribution >= 4 is 62.0 Å². The third-order valence-corrected chi connectivity index (χ3v) is 7.85. The summed E-state index contributed by atoms with van der Waals surface area (Å²) < 4.78 is 11.9. The number of nitrogens with one attached hydrogen (secondary N) is 1. The maximum absolute atomic E-state index is 13.4. The second kappa shape index (κ2) is 13.9. The van der Waals surface area contributed by atoms with Gasteiger partial charge in [0.05, 0.1) is 19.0 Å². The van der Waals surface area contributed by atoms with E-state index in [1.807, 2.05) is 0 Å². The Morgan fingerprint density at radius 2 is 1.76 bits per heavy atom. The van der Waals surface area contributed by atoms with Gasteiger partial charge in [0.1, 0.15) is 19.0 Å². The fraction of sp³-hybridized carbons (Fsp3) is 0.292. The summed E-state index contributed by atoms with van der Waals surface area (Å²) >= 11 is 5.96. The average molecular weight is 582 g/mol. The molecule has 202 valence electrons. The number of carbonyl (C=O) groups is 3. The van der Waals surface area contributed by atoms with Gasteiger partial charge in [-0.1, -0.05) is 33.2 Å². The molecular weight excluding hydrogens is 558 g/mol. The number of aromatic nitrogens is 1. The minimum Gasteiger partial charge on any atom is -0.497 e. The predicted molar refractivity (Wildman–Crippen MR) is 145 cm³/mol. The van der Waals surface area contributed by atoms with Crippen LogP contribution in [0.2, 0.25) is 5.02 Å². The highest BCUT2D eigenvalue weighted by Gasteiger charge is 2.23. The molecule has 2 aromatic carbocycles. The van der Waals surface area contributed by atoms with E-state index in [2.05, 4.69) is 10.2 Å². The largest absolute Gasteiger partial charge is 0.497 e. The highest BCUT2D eigenvalue weighted by molar-refractivity contribution is 8.76. The molecule has 0 fully saturated rings. The third kappa shape index (κ3) is 7.79. The zero-order valence-corrected chi connectivity index (χ0v) is 22.8. The Hall–Kier alpha value is -3.42. The van der Waals surface area contributed by atoms with Crippen molar-refractivity contribution in [3.05, 3.63) is 74.4 Å². The van der Waals surface area contributed by atoms with Gasteiger partial charge in [-0.25, -0.2) is 4.79 Å². The lowest BCUT2D eigenvalue weighted by molar-refractivity contribution is -0.756. The molecule has 0 aliphatic rings. The molecule has 3 rings (SSSR count). The number of nitrogens with zero attached hydrogens (tertiary/aromatic N) is 2. The SMILES string of the molecule is COc1ccc2c(c1)c(CC(=O)NC(=O)OCCSSCCO[N+](=O)[O-])c(C)n2C(=O)c1ccc(Cl)cc1. The number of methoxy groups -OCH3 is 1. The molecule has 0 spiro atoms. The summed E-state index contributed by atoms with van der Waals surface area (Å²) in [6.07, 6.45) is -1.07. The molecule has 3 aromatic rings. The maximum Gasteiger partial charge on any atom is 0.413 e. The van der Waals surface area contributed by atoms with E-state index < -0.39 is 17.1 Å². The topological polar surface area (TPSA) is 139 Å². The van der Waals surface area contributed by atoms with Gasteiger partial charge in [-0.05, 0) is 55.0 Å². The van der Waals surface area contributed by atoms with Crippen LogP contribution in [-0.4, -0.2) is 59.4 Å². The van der Waals surface area contributed by atoms with Gasteiger partial charge in [0.2, 0.25) is 5.91 Å². The summed E-state index contributed by atoms with van der Waals surface area (Å²) in [4.78, 5) is 52.4. The van der Waals surface area contributed by atoms with Gasteiger partial charge in [0, 0.05) is 33.2 Å². The van der Waals surface area contributed by atoms with Crippen LogP contribution in [0.4, 0.5) is 4.79 Å². The summed E-state index contributed by atoms with van der Waals surface area (Å²) in [6, 6.07) is 11.7. The van der Waals surface area contributed by atoms with Gasteiger partial charge >= 0.3 is 6.09 Å². The van der Waals surface area contributed by atoms with Crippen LogP contribution in [0.25, 0.3) is 10.9 Å². The number of ether oxygens (including phenoxy) is 2. The zero-order valence-electron chi connectivity index (χ0n) is 20.4. The molecule has 1 aromatic heterocycles. The highest BCUT2D eigenvalue weighted by atomic mass is 35.5. The quantitative estimate of drug-likeness (QED) is 0.139. The van der Waals surface area contributed by atoms with Crippen LogP contribution in [0, 0.1) is 17.0 Å². The molecule has 2 amide bonds. The minimum atomic E-state index is -0.895. The predicted octanol–water partition coefficient (Wildman–Crippen LogP) is 4.69. The number of fused-ring (bicyclic) bond motifs is 1. The first-order valence-corrected chi connectivity index (χ1v) is 14.0. The second-order valence-corrected chi connectivity index (χ2v) is 10.8. The number of halogens is 1. The Morgan fingerprint density at radius 1 is 1.08 bits per heavy atom. The van der Waals surface area contributed by atoms with Crippen LogP contribution in [0.5, 0.6) is 5.75 Å². The Balaban J connectivity index is 1.65. The van der Waals surface area contributed by atoms with Crippen molar-refractivity contribution in [2.45, 2.75) is 13.3 Å². The maximum atomic E-state index is 13.4. The van der Waals surface area contributed by atoms with Gasteiger partial charge in [-0.15, -0.1) is 10.1 Å². The van der Waals surface area contributed by atoms with Gasteiger partial charge in [0.25, 0.3) is 11.0 Å². The highest BCUT2D eigenvalue weighted by Crippen LogP contribution is 2.31. The first kappa shape index (κ1) is 29.1. The fourth-order valence-electron chi connectivity index (χ4n) is 3.58. The van der Waals surface area contributed by atoms with Crippen molar-refractivity contribution in [2.75, 3.05) is 31.8 Å². The third-order valence-electron chi connectivity index (χ3n) is 5.26. The van der Waals surface area contributed by atoms with E-state index in [-0.39, 0.29) is 25.5 Å². The zero-order chi connectivity index (χ0) is 27.7. The molecule has 0 radical (unpaired) electrons. The van der Waals surface area contributed by atoms with Gasteiger partial charge in [-0.2, -0.15) is 0 Å². The van der Waals surface area contributed by atoms with E-state index in [1.165, 1.54) is 33.3 Å². The Kier molecular flexibility index (Phi) is 10.7. The van der Waals surface area contributed by atoms with E-state index in [0.717, 1.165) is 0 Å². The van der Waals surface area contributed by atoms with Crippen LogP contribution in [0.1, 0.15) is 21.6 Å². The van der Waals surface area contributed by atoms with Crippen LogP contribution >= 0.6 is 33.2 Å². The Bertz CT molecular complexity index is 1330. The van der Waals surface area contributed by atoms with Crippen LogP contribution in [0.3, 0.4) is 0 Å². The molecule has 14 heteroatoms. The number of hydrogen-bond acceptors (Lipinski definition) is 10. The number of alkyl carbamates (subject to hydrolysis) is 1. The van der Waals surface area contributed by atoms with Gasteiger partial charge in [-0.3, -0.25) is 19.5 Å². The number of benzene rings is 2. The number of rotatable bonds is 12. The molecule has 11 nitrogen and oxygen atoms in total. The monoisotopic (exact) mass is 581 g/mol. The lowest BCUT2D eigenvalue weighted by atomic mass is 10.1. The molecule has 0 saturated heterocycles. The molecule has 0 atom stereocenters. The van der Waals surface area contributed by atoms with Crippen molar-refractivity contribution in [3.63, 3.8) is 0 Å². The smallest absolute Gasteiger partial charge is 0.413 e. The second-order valence-electron chi connectivity index (χ2n) is 7.66. The summed E-state index contributed by atoms with van der Waals surface area (Å²) in [6.45, 7) is 1.73. The Morgan fingerprint density at radius 3 is 2.42 bits per heavy atom. The molecule has 0 aliphatic heterocycles. The molecule has 38 heavy (non-hydrogen) atoms. The first-order chi connectivity index (χ1) is 18.2. The lowest BCUT2D eigenvalue weighted by Crippen LogP contribution is -2.32. The van der Waals surface area contributed by atoms with Crippen molar-refractivity contribution in [3.8, 4) is 5.75 Å². The first-order valence-electron chi connectivity index (χ1n) is 11.2. The van der Waals surface area contributed by atoms with Crippen LogP contribution in [0.15, 0.2) is 42.5 Å². The fourth-order valence-corrected chi connectivity index (χ4v) is 5.35. The van der Waals surface area contributed by atoms with Crippen molar-refractivity contribution in [2.24, 2.45) is 0 Å². The van der Waals surface area contributed by atoms with Crippen molar-refractivity contribution in [1.82, 2.24) is 9.88 Å². The standard InChI is InChI=1S/C24H24ClN3O8S2/c1-15-19(14-22(29)26-24(31)35-9-11-37-38-12-10-36-28(32)33)20-13-18(34-2)7-8-21(20)27(15)23(30)16-3-5-17(25)6-4-16/h3-8,13H,9-12,14H2,1-2H3,(H,26,29,31). The van der Waals surface area contributed by atoms with Crippen molar-refractivity contribution < 1.29 is 33.8 Å². The molecule has 0 unspecified atom stereocenters. The molecule has 0 aliphatic carbocycles. The number of hydrogen-bond donors (Lipinski definition) is 1. The lowest BCUT2D eigenvalue weighted by Gasteiger charge is -2.08. The summed E-state index contributed by atoms with van der Waals surface area (Å²) in [5.41, 5.74) is 2.12. The number of imide groups is 1. The molecular formula is C24H24ClN3O8S2. The van der Waals surface area contributed by atoms with Crippen molar-refractivity contribution in [1.29, 1.82) is 0 Å². The average Bonchev–Trinajstić information content (AvgIpc) is 3.15. The minimum absolute atomic E-state index is 0.0342.